The van der Waals surface area contributed by atoms with Crippen LogP contribution < -0.4 is 0 Å². The molecule has 2 heterocycles. The molecule has 2 aliphatic heterocycles. The molecular weight excluding hydrogens is 180 g/mol. The van der Waals surface area contributed by atoms with Gasteiger partial charge in [-0.3, -0.25) is 4.79 Å². The highest BCUT2D eigenvalue weighted by atomic mass is 16.5. The Morgan fingerprint density at radius 1 is 1.07 bits per heavy atom. The molecule has 1 unspecified atom stereocenters. The predicted molar refractivity (Wildman–Crippen MR) is 52.1 cm³/mol. The number of hydrogen-bond donors (Lipinski definition) is 0. The normalized spacial score (nSPS) is 29.3. The Labute approximate surface area is 84.8 Å². The van der Waals surface area contributed by atoms with Crippen LogP contribution in [-0.4, -0.2) is 32.2 Å². The molecule has 2 saturated heterocycles. The van der Waals surface area contributed by atoms with E-state index in [4.69, 9.17) is 9.47 Å². The van der Waals surface area contributed by atoms with Gasteiger partial charge in [0, 0.05) is 32.2 Å². The molecule has 0 bridgehead atoms. The number of carbonyl (C=O) groups excluding carboxylic acids is 1. The van der Waals surface area contributed by atoms with E-state index in [0.717, 1.165) is 45.5 Å². The maximum atomic E-state index is 11.8. The smallest absolute Gasteiger partial charge is 0.138 e. The Balaban J connectivity index is 1.75. The van der Waals surface area contributed by atoms with Crippen molar-refractivity contribution in [2.45, 2.75) is 25.7 Å². The monoisotopic (exact) mass is 198 g/mol. The van der Waals surface area contributed by atoms with Crippen LogP contribution in [0.4, 0.5) is 0 Å². The third-order valence-electron chi connectivity index (χ3n) is 3.22. The highest BCUT2D eigenvalue weighted by Gasteiger charge is 2.26. The van der Waals surface area contributed by atoms with Gasteiger partial charge in [-0.2, -0.15) is 0 Å². The maximum absolute atomic E-state index is 11.8. The molecule has 2 rings (SSSR count). The Morgan fingerprint density at radius 3 is 2.43 bits per heavy atom. The molecule has 3 heteroatoms. The molecule has 0 aromatic carbocycles. The molecule has 3 nitrogen and oxygen atoms in total. The Morgan fingerprint density at radius 2 is 1.79 bits per heavy atom. The van der Waals surface area contributed by atoms with Gasteiger partial charge in [0.2, 0.25) is 0 Å². The summed E-state index contributed by atoms with van der Waals surface area (Å²) in [7, 11) is 0. The van der Waals surface area contributed by atoms with Crippen LogP contribution in [0.25, 0.3) is 0 Å². The van der Waals surface area contributed by atoms with Crippen LogP contribution in [0.5, 0.6) is 0 Å². The van der Waals surface area contributed by atoms with E-state index in [9.17, 15) is 4.79 Å². The van der Waals surface area contributed by atoms with Crippen molar-refractivity contribution in [1.29, 1.82) is 0 Å². The van der Waals surface area contributed by atoms with Crippen molar-refractivity contribution in [1.82, 2.24) is 0 Å². The third kappa shape index (κ3) is 2.55. The molecule has 2 fully saturated rings. The van der Waals surface area contributed by atoms with Gasteiger partial charge in [0.15, 0.2) is 0 Å². The molecule has 1 atom stereocenters. The van der Waals surface area contributed by atoms with Crippen LogP contribution >= 0.6 is 0 Å². The Hall–Kier alpha value is -0.410. The van der Waals surface area contributed by atoms with Gasteiger partial charge in [0.1, 0.15) is 5.78 Å². The van der Waals surface area contributed by atoms with Crippen molar-refractivity contribution in [3.05, 3.63) is 0 Å². The summed E-state index contributed by atoms with van der Waals surface area (Å²) in [6.07, 6.45) is 3.79. The van der Waals surface area contributed by atoms with Gasteiger partial charge >= 0.3 is 0 Å². The van der Waals surface area contributed by atoms with E-state index < -0.39 is 0 Å². The lowest BCUT2D eigenvalue weighted by molar-refractivity contribution is -0.124. The molecule has 0 aromatic rings. The summed E-state index contributed by atoms with van der Waals surface area (Å²) >= 11 is 0. The highest BCUT2D eigenvalue weighted by Crippen LogP contribution is 2.23. The number of ketones is 1. The topological polar surface area (TPSA) is 35.5 Å². The first-order chi connectivity index (χ1) is 6.86. The van der Waals surface area contributed by atoms with Gasteiger partial charge in [-0.15, -0.1) is 0 Å². The van der Waals surface area contributed by atoms with Gasteiger partial charge in [-0.05, 0) is 25.2 Å². The van der Waals surface area contributed by atoms with E-state index in [-0.39, 0.29) is 5.92 Å². The summed E-state index contributed by atoms with van der Waals surface area (Å²) in [6, 6.07) is 0. The van der Waals surface area contributed by atoms with Gasteiger partial charge in [-0.25, -0.2) is 0 Å². The van der Waals surface area contributed by atoms with Crippen molar-refractivity contribution in [3.63, 3.8) is 0 Å². The van der Waals surface area contributed by atoms with Crippen molar-refractivity contribution in [2.75, 3.05) is 26.4 Å². The molecule has 0 spiro atoms. The summed E-state index contributed by atoms with van der Waals surface area (Å²) in [5.41, 5.74) is 0. The fourth-order valence-electron chi connectivity index (χ4n) is 2.19. The molecule has 2 aliphatic rings. The van der Waals surface area contributed by atoms with Crippen LogP contribution in [0, 0.1) is 11.8 Å². The zero-order valence-corrected chi connectivity index (χ0v) is 8.54. The number of carbonyl (C=O) groups is 1. The van der Waals surface area contributed by atoms with Gasteiger partial charge < -0.3 is 9.47 Å². The summed E-state index contributed by atoms with van der Waals surface area (Å²) in [5, 5.41) is 0. The maximum Gasteiger partial charge on any atom is 0.138 e. The number of Topliss-reactive ketones (excluding diaryl/α,β-unsaturated/α-hetero) is 1. The minimum absolute atomic E-state index is 0.192. The first-order valence-corrected chi connectivity index (χ1v) is 5.54. The molecule has 0 N–H and O–H groups in total. The fraction of sp³-hybridized carbons (Fsp3) is 0.909. The molecule has 0 saturated carbocycles. The van der Waals surface area contributed by atoms with Crippen molar-refractivity contribution in [3.8, 4) is 0 Å². The molecular formula is C11H18O3. The molecule has 80 valence electrons. The second kappa shape index (κ2) is 4.89. The van der Waals surface area contributed by atoms with Crippen LogP contribution in [0.15, 0.2) is 0 Å². The average molecular weight is 198 g/mol. The first-order valence-electron chi connectivity index (χ1n) is 5.54. The quantitative estimate of drug-likeness (QED) is 0.687. The molecule has 0 amide bonds. The molecule has 0 aromatic heterocycles. The summed E-state index contributed by atoms with van der Waals surface area (Å²) in [4.78, 5) is 11.8. The lowest BCUT2D eigenvalue weighted by Gasteiger charge is -2.22. The Bertz CT molecular complexity index is 191. The van der Waals surface area contributed by atoms with E-state index in [1.54, 1.807) is 0 Å². The summed E-state index contributed by atoms with van der Waals surface area (Å²) in [5.74, 6) is 1.17. The van der Waals surface area contributed by atoms with Gasteiger partial charge in [0.05, 0.1) is 6.61 Å². The lowest BCUT2D eigenvalue weighted by atomic mass is 9.89. The van der Waals surface area contributed by atoms with Crippen LogP contribution in [0.2, 0.25) is 0 Å². The second-order valence-corrected chi connectivity index (χ2v) is 4.29. The first kappa shape index (κ1) is 10.1. The van der Waals surface area contributed by atoms with Crippen molar-refractivity contribution < 1.29 is 14.3 Å². The van der Waals surface area contributed by atoms with Gasteiger partial charge in [-0.1, -0.05) is 0 Å². The minimum atomic E-state index is 0.192. The Kier molecular flexibility index (Phi) is 3.54. The standard InChI is InChI=1S/C11H18O3/c12-11(10-3-6-14-8-10)7-9-1-4-13-5-2-9/h9-10H,1-8H2. The van der Waals surface area contributed by atoms with Crippen molar-refractivity contribution in [2.24, 2.45) is 11.8 Å². The third-order valence-corrected chi connectivity index (χ3v) is 3.22. The predicted octanol–water partition coefficient (Wildman–Crippen LogP) is 1.41. The largest absolute Gasteiger partial charge is 0.381 e. The van der Waals surface area contributed by atoms with Crippen LogP contribution in [-0.2, 0) is 14.3 Å². The SMILES string of the molecule is O=C(CC1CCOCC1)C1CCOC1. The van der Waals surface area contributed by atoms with E-state index in [0.29, 0.717) is 18.3 Å². The second-order valence-electron chi connectivity index (χ2n) is 4.29. The minimum Gasteiger partial charge on any atom is -0.381 e. The van der Waals surface area contributed by atoms with Crippen LogP contribution in [0.1, 0.15) is 25.7 Å². The number of hydrogen-bond acceptors (Lipinski definition) is 3. The zero-order valence-electron chi connectivity index (χ0n) is 8.54. The molecule has 14 heavy (non-hydrogen) atoms. The average Bonchev–Trinajstić information content (AvgIpc) is 2.72. The molecule has 0 aliphatic carbocycles. The van der Waals surface area contributed by atoms with E-state index in [1.807, 2.05) is 0 Å². The van der Waals surface area contributed by atoms with E-state index in [2.05, 4.69) is 0 Å². The van der Waals surface area contributed by atoms with E-state index in [1.165, 1.54) is 0 Å². The molecule has 0 radical (unpaired) electrons. The van der Waals surface area contributed by atoms with E-state index >= 15 is 0 Å². The lowest BCUT2D eigenvalue weighted by Crippen LogP contribution is -2.22. The number of rotatable bonds is 3. The van der Waals surface area contributed by atoms with Crippen LogP contribution in [0.3, 0.4) is 0 Å². The number of ether oxygens (including phenoxy) is 2. The fourth-order valence-corrected chi connectivity index (χ4v) is 2.19. The zero-order chi connectivity index (χ0) is 9.80. The highest BCUT2D eigenvalue weighted by molar-refractivity contribution is 5.81. The summed E-state index contributed by atoms with van der Waals surface area (Å²) < 4.78 is 10.5. The summed E-state index contributed by atoms with van der Waals surface area (Å²) in [6.45, 7) is 3.09. The van der Waals surface area contributed by atoms with Crippen molar-refractivity contribution >= 4 is 5.78 Å². The van der Waals surface area contributed by atoms with Gasteiger partial charge in [0.25, 0.3) is 0 Å².